The van der Waals surface area contributed by atoms with Crippen LogP contribution in [0.2, 0.25) is 5.02 Å². The van der Waals surface area contributed by atoms with Gasteiger partial charge in [-0.3, -0.25) is 9.52 Å². The lowest BCUT2D eigenvalue weighted by molar-refractivity contribution is -0.0429. The highest BCUT2D eigenvalue weighted by molar-refractivity contribution is 7.93. The van der Waals surface area contributed by atoms with Gasteiger partial charge >= 0.3 is 15.5 Å². The first-order valence-electron chi connectivity index (χ1n) is 6.73. The van der Waals surface area contributed by atoms with Crippen LogP contribution in [0.4, 0.5) is 24.5 Å². The zero-order valence-electron chi connectivity index (χ0n) is 12.6. The van der Waals surface area contributed by atoms with Crippen LogP contribution in [0.5, 0.6) is 0 Å². The molecule has 0 fully saturated rings. The summed E-state index contributed by atoms with van der Waals surface area (Å²) in [5.74, 6) is -0.547. The summed E-state index contributed by atoms with van der Waals surface area (Å²) in [6.07, 6.45) is 0. The number of anilines is 2. The van der Waals surface area contributed by atoms with E-state index in [0.29, 0.717) is 5.56 Å². The van der Waals surface area contributed by atoms with Gasteiger partial charge in [-0.15, -0.1) is 0 Å². The highest BCUT2D eigenvalue weighted by Crippen LogP contribution is 2.31. The Hall–Kier alpha value is -2.77. The lowest BCUT2D eigenvalue weighted by Crippen LogP contribution is -2.30. The zero-order chi connectivity index (χ0) is 19.5. The van der Waals surface area contributed by atoms with E-state index in [1.807, 2.05) is 6.07 Å². The van der Waals surface area contributed by atoms with Crippen LogP contribution in [0, 0.1) is 11.3 Å². The molecule has 6 nitrogen and oxygen atoms in total. The highest BCUT2D eigenvalue weighted by atomic mass is 35.5. The fourth-order valence-electron chi connectivity index (χ4n) is 1.78. The van der Waals surface area contributed by atoms with Crippen molar-refractivity contribution in [3.63, 3.8) is 0 Å². The minimum absolute atomic E-state index is 0.138. The van der Waals surface area contributed by atoms with Crippen LogP contribution in [-0.2, 0) is 10.0 Å². The Morgan fingerprint density at radius 3 is 2.23 bits per heavy atom. The quantitative estimate of drug-likeness (QED) is 0.812. The van der Waals surface area contributed by atoms with Gasteiger partial charge < -0.3 is 5.32 Å². The summed E-state index contributed by atoms with van der Waals surface area (Å²) in [4.78, 5) is 12.1. The summed E-state index contributed by atoms with van der Waals surface area (Å²) in [6.45, 7) is 0. The molecule has 0 radical (unpaired) electrons. The second kappa shape index (κ2) is 7.23. The fraction of sp³-hybridized carbons (Fsp3) is 0.0667. The molecule has 26 heavy (non-hydrogen) atoms. The number of carbonyl (C=O) groups excluding carboxylic acids is 1. The van der Waals surface area contributed by atoms with Crippen molar-refractivity contribution in [1.29, 1.82) is 5.26 Å². The molecule has 136 valence electrons. The molecular formula is C15H9ClF3N3O3S. The maximum absolute atomic E-state index is 12.4. The standard InChI is InChI=1S/C15H9ClF3N3O3S/c16-12-7-11(5-6-13(12)22-26(24,25)15(17,18)19)21-14(23)10-3-1-9(8-20)2-4-10/h1-7,22H,(H,21,23). The Balaban J connectivity index is 2.16. The molecular weight excluding hydrogens is 395 g/mol. The second-order valence-corrected chi connectivity index (χ2v) is 6.97. The van der Waals surface area contributed by atoms with Gasteiger partial charge in [-0.1, -0.05) is 11.6 Å². The van der Waals surface area contributed by atoms with E-state index in [0.717, 1.165) is 12.1 Å². The predicted octanol–water partition coefficient (Wildman–Crippen LogP) is 3.73. The number of halogens is 4. The summed E-state index contributed by atoms with van der Waals surface area (Å²) in [5, 5.41) is 10.8. The number of benzene rings is 2. The Morgan fingerprint density at radius 2 is 1.73 bits per heavy atom. The Morgan fingerprint density at radius 1 is 1.12 bits per heavy atom. The average molecular weight is 404 g/mol. The van der Waals surface area contributed by atoms with Crippen LogP contribution in [0.25, 0.3) is 0 Å². The molecule has 1 amide bonds. The summed E-state index contributed by atoms with van der Waals surface area (Å²) in [5.41, 5.74) is -5.23. The van der Waals surface area contributed by atoms with E-state index in [4.69, 9.17) is 16.9 Å². The molecule has 0 saturated heterocycles. The third kappa shape index (κ3) is 4.44. The van der Waals surface area contributed by atoms with Crippen molar-refractivity contribution >= 4 is 38.9 Å². The summed E-state index contributed by atoms with van der Waals surface area (Å²) < 4.78 is 60.6. The van der Waals surface area contributed by atoms with E-state index >= 15 is 0 Å². The van der Waals surface area contributed by atoms with Crippen molar-refractivity contribution in [1.82, 2.24) is 0 Å². The molecule has 11 heteroatoms. The SMILES string of the molecule is N#Cc1ccc(C(=O)Nc2ccc(NS(=O)(=O)C(F)(F)F)c(Cl)c2)cc1. The maximum Gasteiger partial charge on any atom is 0.516 e. The zero-order valence-corrected chi connectivity index (χ0v) is 14.2. The van der Waals surface area contributed by atoms with Gasteiger partial charge in [0.1, 0.15) is 0 Å². The van der Waals surface area contributed by atoms with Gasteiger partial charge in [0.25, 0.3) is 5.91 Å². The highest BCUT2D eigenvalue weighted by Gasteiger charge is 2.46. The van der Waals surface area contributed by atoms with E-state index < -0.39 is 27.1 Å². The number of hydrogen-bond acceptors (Lipinski definition) is 4. The van der Waals surface area contributed by atoms with Crippen molar-refractivity contribution in [2.45, 2.75) is 5.51 Å². The largest absolute Gasteiger partial charge is 0.516 e. The topological polar surface area (TPSA) is 99.1 Å². The minimum atomic E-state index is -5.61. The van der Waals surface area contributed by atoms with Crippen molar-refractivity contribution in [2.75, 3.05) is 10.0 Å². The van der Waals surface area contributed by atoms with Gasteiger partial charge in [0.2, 0.25) is 0 Å². The molecule has 2 N–H and O–H groups in total. The van der Waals surface area contributed by atoms with E-state index in [2.05, 4.69) is 5.32 Å². The van der Waals surface area contributed by atoms with Crippen molar-refractivity contribution in [2.24, 2.45) is 0 Å². The van der Waals surface area contributed by atoms with Gasteiger partial charge in [-0.25, -0.2) is 0 Å². The molecule has 0 heterocycles. The monoisotopic (exact) mass is 403 g/mol. The van der Waals surface area contributed by atoms with E-state index in [1.165, 1.54) is 35.1 Å². The van der Waals surface area contributed by atoms with E-state index in [1.54, 1.807) is 0 Å². The Kier molecular flexibility index (Phi) is 5.44. The van der Waals surface area contributed by atoms with Crippen LogP contribution in [0.15, 0.2) is 42.5 Å². The molecule has 0 aromatic heterocycles. The number of carbonyl (C=O) groups is 1. The number of sulfonamides is 1. The summed E-state index contributed by atoms with van der Waals surface area (Å²) in [7, 11) is -5.61. The number of nitrogens with zero attached hydrogens (tertiary/aromatic N) is 1. The molecule has 0 bridgehead atoms. The molecule has 0 atom stereocenters. The van der Waals surface area contributed by atoms with Crippen LogP contribution >= 0.6 is 11.6 Å². The lowest BCUT2D eigenvalue weighted by atomic mass is 10.1. The molecule has 2 rings (SSSR count). The minimum Gasteiger partial charge on any atom is -0.322 e. The first kappa shape index (κ1) is 19.6. The summed E-state index contributed by atoms with van der Waals surface area (Å²) >= 11 is 5.77. The van der Waals surface area contributed by atoms with Gasteiger partial charge in [0, 0.05) is 11.3 Å². The molecule has 2 aromatic carbocycles. The normalized spacial score (nSPS) is 11.5. The predicted molar refractivity (Wildman–Crippen MR) is 89.2 cm³/mol. The van der Waals surface area contributed by atoms with Gasteiger partial charge in [-0.2, -0.15) is 26.9 Å². The van der Waals surface area contributed by atoms with Crippen LogP contribution in [-0.4, -0.2) is 19.8 Å². The molecule has 0 aliphatic carbocycles. The molecule has 0 spiro atoms. The first-order chi connectivity index (χ1) is 12.0. The number of nitrogens with one attached hydrogen (secondary N) is 2. The molecule has 0 aliphatic heterocycles. The fourth-order valence-corrected chi connectivity index (χ4v) is 2.64. The number of nitriles is 1. The van der Waals surface area contributed by atoms with Gasteiger partial charge in [0.15, 0.2) is 0 Å². The van der Waals surface area contributed by atoms with Crippen molar-refractivity contribution < 1.29 is 26.4 Å². The molecule has 2 aromatic rings. The number of rotatable bonds is 4. The van der Waals surface area contributed by atoms with Gasteiger partial charge in [-0.05, 0) is 42.5 Å². The third-order valence-electron chi connectivity index (χ3n) is 3.05. The van der Waals surface area contributed by atoms with E-state index in [-0.39, 0.29) is 16.3 Å². The first-order valence-corrected chi connectivity index (χ1v) is 8.60. The van der Waals surface area contributed by atoms with E-state index in [9.17, 15) is 26.4 Å². The number of alkyl halides is 3. The lowest BCUT2D eigenvalue weighted by Gasteiger charge is -2.13. The Labute approximate surface area is 151 Å². The number of hydrogen-bond donors (Lipinski definition) is 2. The Bertz CT molecular complexity index is 984. The van der Waals surface area contributed by atoms with Crippen LogP contribution in [0.1, 0.15) is 15.9 Å². The summed E-state index contributed by atoms with van der Waals surface area (Å²) in [6, 6.07) is 10.9. The van der Waals surface area contributed by atoms with Gasteiger partial charge in [0.05, 0.1) is 22.3 Å². The average Bonchev–Trinajstić information content (AvgIpc) is 2.56. The van der Waals surface area contributed by atoms with Crippen LogP contribution in [0.3, 0.4) is 0 Å². The molecule has 0 saturated carbocycles. The van der Waals surface area contributed by atoms with Crippen molar-refractivity contribution in [3.8, 4) is 6.07 Å². The third-order valence-corrected chi connectivity index (χ3v) is 4.46. The maximum atomic E-state index is 12.4. The molecule has 0 unspecified atom stereocenters. The van der Waals surface area contributed by atoms with Crippen molar-refractivity contribution in [3.05, 3.63) is 58.6 Å². The number of amides is 1. The molecule has 0 aliphatic rings. The smallest absolute Gasteiger partial charge is 0.322 e. The van der Waals surface area contributed by atoms with Crippen LogP contribution < -0.4 is 10.0 Å². The second-order valence-electron chi connectivity index (χ2n) is 4.89.